The van der Waals surface area contributed by atoms with E-state index in [1.807, 2.05) is 84.9 Å². The summed E-state index contributed by atoms with van der Waals surface area (Å²) < 4.78 is 1.47. The third-order valence-electron chi connectivity index (χ3n) is 6.53. The summed E-state index contributed by atoms with van der Waals surface area (Å²) in [6, 6.07) is 25.9. The summed E-state index contributed by atoms with van der Waals surface area (Å²) >= 11 is 0. The zero-order valence-corrected chi connectivity index (χ0v) is 17.0. The van der Waals surface area contributed by atoms with Crippen molar-refractivity contribution in [3.05, 3.63) is 112 Å². The number of aromatic nitrogens is 2. The van der Waals surface area contributed by atoms with Crippen molar-refractivity contribution in [1.29, 1.82) is 0 Å². The van der Waals surface area contributed by atoms with Crippen molar-refractivity contribution in [2.75, 3.05) is 5.32 Å². The molecule has 2 aliphatic rings. The van der Waals surface area contributed by atoms with Crippen LogP contribution in [0.15, 0.2) is 89.7 Å². The molecule has 7 heteroatoms. The Morgan fingerprint density at radius 1 is 0.875 bits per heavy atom. The Morgan fingerprint density at radius 2 is 1.53 bits per heavy atom. The Morgan fingerprint density at radius 3 is 2.28 bits per heavy atom. The first-order valence-corrected chi connectivity index (χ1v) is 10.5. The summed E-state index contributed by atoms with van der Waals surface area (Å²) in [5.41, 5.74) is 1.46. The molecule has 2 aliphatic heterocycles. The van der Waals surface area contributed by atoms with E-state index in [2.05, 4.69) is 10.4 Å². The Kier molecular flexibility index (Phi) is 3.98. The minimum atomic E-state index is -1.52. The number of quaternary nitrogens is 1. The van der Waals surface area contributed by atoms with E-state index >= 15 is 0 Å². The number of nitrogens with zero attached hydrogens (tertiary/aromatic N) is 1. The topological polar surface area (TPSA) is 104 Å². The number of nitrogens with one attached hydrogen (secondary N) is 2. The van der Waals surface area contributed by atoms with Crippen molar-refractivity contribution in [1.82, 2.24) is 9.78 Å². The van der Waals surface area contributed by atoms with E-state index in [0.717, 1.165) is 5.56 Å². The van der Waals surface area contributed by atoms with Gasteiger partial charge in [-0.1, -0.05) is 66.7 Å². The van der Waals surface area contributed by atoms with Crippen LogP contribution in [0.2, 0.25) is 0 Å². The van der Waals surface area contributed by atoms with Crippen LogP contribution in [0.5, 0.6) is 0 Å². The molecule has 0 saturated carbocycles. The van der Waals surface area contributed by atoms with Gasteiger partial charge in [0.05, 0.1) is 17.5 Å². The molecule has 0 radical (unpaired) electrons. The monoisotopic (exact) mass is 425 g/mol. The fourth-order valence-electron chi connectivity index (χ4n) is 5.12. The van der Waals surface area contributed by atoms with Crippen LogP contribution in [0.25, 0.3) is 5.69 Å². The number of anilines is 1. The van der Waals surface area contributed by atoms with Crippen molar-refractivity contribution < 1.29 is 15.2 Å². The number of rotatable bonds is 3. The fraction of sp³-hybridized carbons (Fsp3) is 0.120. The minimum absolute atomic E-state index is 0.223. The van der Waals surface area contributed by atoms with Crippen molar-refractivity contribution in [2.45, 2.75) is 17.6 Å². The maximum absolute atomic E-state index is 13.6. The molecular weight excluding hydrogens is 404 g/mol. The van der Waals surface area contributed by atoms with Crippen LogP contribution in [0, 0.1) is 0 Å². The predicted molar refractivity (Wildman–Crippen MR) is 119 cm³/mol. The average molecular weight is 425 g/mol. The van der Waals surface area contributed by atoms with Gasteiger partial charge in [-0.3, -0.25) is 14.9 Å². The molecule has 4 aromatic rings. The molecule has 158 valence electrons. The number of carbonyl (C=O) groups is 1. The van der Waals surface area contributed by atoms with Crippen molar-refractivity contribution in [3.8, 4) is 5.69 Å². The van der Waals surface area contributed by atoms with Crippen LogP contribution in [0.4, 0.5) is 11.5 Å². The molecule has 6 rings (SSSR count). The summed E-state index contributed by atoms with van der Waals surface area (Å²) in [7, 11) is 0. The Balaban J connectivity index is 1.58. The van der Waals surface area contributed by atoms with Gasteiger partial charge >= 0.3 is 0 Å². The number of amides is 1. The first-order valence-electron chi connectivity index (χ1n) is 10.5. The van der Waals surface area contributed by atoms with Gasteiger partial charge < -0.3 is 10.4 Å². The molecular formula is C25H21N4O3+. The maximum Gasteiger partial charge on any atom is 0.281 e. The highest BCUT2D eigenvalue weighted by molar-refractivity contribution is 6.03. The number of aromatic amines is 1. The van der Waals surface area contributed by atoms with E-state index in [1.165, 1.54) is 4.68 Å². The number of hydrogen-bond donors (Lipinski definition) is 4. The molecule has 3 aromatic carbocycles. The molecule has 32 heavy (non-hydrogen) atoms. The second-order valence-corrected chi connectivity index (χ2v) is 8.28. The minimum Gasteiger partial charge on any atom is -0.338 e. The lowest BCUT2D eigenvalue weighted by Gasteiger charge is -2.30. The molecule has 3 heterocycles. The molecule has 0 saturated heterocycles. The van der Waals surface area contributed by atoms with Crippen LogP contribution < -0.4 is 16.2 Å². The van der Waals surface area contributed by atoms with Gasteiger partial charge in [-0.2, -0.15) is 0 Å². The molecule has 0 aliphatic carbocycles. The van der Waals surface area contributed by atoms with E-state index in [9.17, 15) is 14.7 Å². The van der Waals surface area contributed by atoms with Crippen LogP contribution >= 0.6 is 0 Å². The first kappa shape index (κ1) is 18.8. The van der Waals surface area contributed by atoms with Gasteiger partial charge in [0, 0.05) is 11.3 Å². The van der Waals surface area contributed by atoms with E-state index in [0.29, 0.717) is 28.3 Å². The molecule has 3 unspecified atom stereocenters. The van der Waals surface area contributed by atoms with Crippen molar-refractivity contribution in [2.24, 2.45) is 0 Å². The van der Waals surface area contributed by atoms with Gasteiger partial charge in [0.2, 0.25) is 17.5 Å². The Labute approximate surface area is 183 Å². The second kappa shape index (κ2) is 6.78. The number of carbonyl (C=O) groups excluding carboxylic acids is 1. The number of fused-ring (bicyclic) bond motifs is 2. The van der Waals surface area contributed by atoms with Gasteiger partial charge in [-0.25, -0.2) is 9.78 Å². The maximum atomic E-state index is 13.6. The number of para-hydroxylation sites is 2. The summed E-state index contributed by atoms with van der Waals surface area (Å²) in [5, 5.41) is 19.8. The summed E-state index contributed by atoms with van der Waals surface area (Å²) in [6.45, 7) is 0. The standard InChI is InChI=1S/C25H20N4O3/c30-23-19(17-13-7-8-14-18(17)26-23)21-20-22(27-25(21,32)15-9-3-1-4-10-15)28-29(24(20)31)16-11-5-2-6-12-16/h1-14,19,21,27-28,32H,(H,26,30)/p+1. The normalized spacial score (nSPS) is 23.6. The Hall–Kier alpha value is -3.94. The lowest BCUT2D eigenvalue weighted by atomic mass is 9.76. The molecule has 0 bridgehead atoms. The smallest absolute Gasteiger partial charge is 0.281 e. The zero-order valence-electron chi connectivity index (χ0n) is 17.0. The van der Waals surface area contributed by atoms with E-state index in [4.69, 9.17) is 0 Å². The Bertz CT molecular complexity index is 1390. The highest BCUT2D eigenvalue weighted by Crippen LogP contribution is 2.50. The summed E-state index contributed by atoms with van der Waals surface area (Å²) in [6.07, 6.45) is 0. The fourth-order valence-corrected chi connectivity index (χ4v) is 5.12. The van der Waals surface area contributed by atoms with Crippen molar-refractivity contribution >= 4 is 17.4 Å². The molecule has 7 nitrogen and oxygen atoms in total. The van der Waals surface area contributed by atoms with Gasteiger partial charge in [0.25, 0.3) is 5.56 Å². The number of hydrogen-bond acceptors (Lipinski definition) is 3. The van der Waals surface area contributed by atoms with Gasteiger partial charge in [0.1, 0.15) is 5.56 Å². The lowest BCUT2D eigenvalue weighted by molar-refractivity contribution is -0.711. The molecule has 0 spiro atoms. The van der Waals surface area contributed by atoms with E-state index in [1.54, 1.807) is 5.32 Å². The zero-order chi connectivity index (χ0) is 21.9. The predicted octanol–water partition coefficient (Wildman–Crippen LogP) is 2.04. The molecule has 1 amide bonds. The number of aliphatic hydroxyl groups is 1. The van der Waals surface area contributed by atoms with Gasteiger partial charge in [-0.05, 0) is 23.8 Å². The molecule has 0 fully saturated rings. The summed E-state index contributed by atoms with van der Waals surface area (Å²) in [5.74, 6) is -1.18. The van der Waals surface area contributed by atoms with E-state index in [-0.39, 0.29) is 11.5 Å². The van der Waals surface area contributed by atoms with Crippen LogP contribution in [-0.2, 0) is 10.5 Å². The van der Waals surface area contributed by atoms with E-state index < -0.39 is 17.6 Å². The largest absolute Gasteiger partial charge is 0.338 e. The molecule has 5 N–H and O–H groups in total. The number of nitrogens with two attached hydrogens (primary N) is 1. The van der Waals surface area contributed by atoms with Crippen LogP contribution in [0.1, 0.15) is 28.5 Å². The highest BCUT2D eigenvalue weighted by Gasteiger charge is 2.60. The lowest BCUT2D eigenvalue weighted by Crippen LogP contribution is -2.89. The van der Waals surface area contributed by atoms with Crippen LogP contribution in [-0.4, -0.2) is 20.8 Å². The third kappa shape index (κ3) is 2.55. The second-order valence-electron chi connectivity index (χ2n) is 8.28. The average Bonchev–Trinajstić information content (AvgIpc) is 3.42. The number of H-pyrrole nitrogens is 1. The molecule has 1 aromatic heterocycles. The third-order valence-corrected chi connectivity index (χ3v) is 6.53. The van der Waals surface area contributed by atoms with Gasteiger partial charge in [-0.15, -0.1) is 0 Å². The summed E-state index contributed by atoms with van der Waals surface area (Å²) in [4.78, 5) is 26.8. The SMILES string of the molecule is O=C1Nc2ccccc2C1C1c2c([nH]n(-c3ccccc3)c2=O)[NH2+]C1(O)c1ccccc1. The quantitative estimate of drug-likeness (QED) is 0.404. The number of benzene rings is 3. The first-order chi connectivity index (χ1) is 15.6. The van der Waals surface area contributed by atoms with Crippen LogP contribution in [0.3, 0.4) is 0 Å². The van der Waals surface area contributed by atoms with Gasteiger partial charge in [0.15, 0.2) is 0 Å². The molecule has 3 atom stereocenters. The van der Waals surface area contributed by atoms with Crippen molar-refractivity contribution in [3.63, 3.8) is 0 Å². The highest BCUT2D eigenvalue weighted by atomic mass is 16.3.